The van der Waals surface area contributed by atoms with E-state index in [1.165, 1.54) is 23.5 Å². The van der Waals surface area contributed by atoms with E-state index in [1.807, 2.05) is 5.38 Å². The van der Waals surface area contributed by atoms with Crippen molar-refractivity contribution in [3.8, 4) is 10.6 Å². The summed E-state index contributed by atoms with van der Waals surface area (Å²) in [6, 6.07) is 4.92. The van der Waals surface area contributed by atoms with Crippen molar-refractivity contribution in [2.24, 2.45) is 5.41 Å². The molecule has 2 aromatic rings. The lowest BCUT2D eigenvalue weighted by molar-refractivity contribution is -0.137. The van der Waals surface area contributed by atoms with Crippen molar-refractivity contribution in [2.75, 3.05) is 12.4 Å². The molecule has 1 aromatic carbocycles. The number of benzene rings is 1. The zero-order valence-electron chi connectivity index (χ0n) is 13.8. The highest BCUT2D eigenvalue weighted by molar-refractivity contribution is 7.13. The maximum absolute atomic E-state index is 12.6. The first-order valence-corrected chi connectivity index (χ1v) is 9.01. The summed E-state index contributed by atoms with van der Waals surface area (Å²) < 4.78 is 37.8. The molecule has 25 heavy (non-hydrogen) atoms. The topological polar surface area (TPSA) is 42.0 Å². The van der Waals surface area contributed by atoms with Crippen molar-refractivity contribution >= 4 is 28.8 Å². The summed E-state index contributed by atoms with van der Waals surface area (Å²) in [6.45, 7) is 3.96. The van der Waals surface area contributed by atoms with E-state index in [2.05, 4.69) is 10.3 Å². The molecule has 0 aliphatic heterocycles. The third-order valence-corrected chi connectivity index (χ3v) is 5.23. The van der Waals surface area contributed by atoms with E-state index in [0.29, 0.717) is 23.5 Å². The maximum Gasteiger partial charge on any atom is 0.416 e. The fourth-order valence-corrected chi connectivity index (χ4v) is 2.94. The van der Waals surface area contributed by atoms with Crippen molar-refractivity contribution in [1.29, 1.82) is 0 Å². The summed E-state index contributed by atoms with van der Waals surface area (Å²) in [7, 11) is 0. The fourth-order valence-electron chi connectivity index (χ4n) is 1.96. The van der Waals surface area contributed by atoms with E-state index >= 15 is 0 Å². The van der Waals surface area contributed by atoms with Crippen LogP contribution in [0.15, 0.2) is 29.6 Å². The van der Waals surface area contributed by atoms with E-state index in [4.69, 9.17) is 11.6 Å². The first-order valence-electron chi connectivity index (χ1n) is 7.60. The van der Waals surface area contributed by atoms with Crippen LogP contribution >= 0.6 is 22.9 Å². The highest BCUT2D eigenvalue weighted by Gasteiger charge is 2.30. The van der Waals surface area contributed by atoms with E-state index < -0.39 is 17.2 Å². The maximum atomic E-state index is 12.6. The lowest BCUT2D eigenvalue weighted by Crippen LogP contribution is -2.39. The smallest absolute Gasteiger partial charge is 0.355 e. The van der Waals surface area contributed by atoms with Crippen molar-refractivity contribution < 1.29 is 18.0 Å². The van der Waals surface area contributed by atoms with E-state index in [9.17, 15) is 18.0 Å². The van der Waals surface area contributed by atoms with Crippen molar-refractivity contribution in [3.05, 3.63) is 40.9 Å². The molecule has 0 saturated heterocycles. The van der Waals surface area contributed by atoms with Gasteiger partial charge in [0.25, 0.3) is 0 Å². The molecule has 0 aliphatic rings. The molecule has 0 radical (unpaired) electrons. The van der Waals surface area contributed by atoms with E-state index in [0.717, 1.165) is 17.8 Å². The predicted molar refractivity (Wildman–Crippen MR) is 93.8 cm³/mol. The summed E-state index contributed by atoms with van der Waals surface area (Å²) in [4.78, 5) is 16.3. The number of aromatic nitrogens is 1. The molecule has 0 saturated carbocycles. The van der Waals surface area contributed by atoms with Gasteiger partial charge in [0.2, 0.25) is 5.91 Å². The number of rotatable bonds is 6. The number of thiazole rings is 1. The molecule has 0 unspecified atom stereocenters. The number of hydrogen-bond donors (Lipinski definition) is 1. The second kappa shape index (κ2) is 7.74. The Hall–Kier alpha value is -1.60. The zero-order chi connectivity index (χ0) is 18.7. The Kier molecular flexibility index (Phi) is 6.11. The molecule has 1 aromatic heterocycles. The van der Waals surface area contributed by atoms with Gasteiger partial charge in [-0.25, -0.2) is 4.98 Å². The van der Waals surface area contributed by atoms with Crippen molar-refractivity contribution in [1.82, 2.24) is 10.3 Å². The number of amides is 1. The van der Waals surface area contributed by atoms with Crippen LogP contribution in [0, 0.1) is 5.41 Å². The fraction of sp³-hybridized carbons (Fsp3) is 0.412. The van der Waals surface area contributed by atoms with E-state index in [-0.39, 0.29) is 11.8 Å². The van der Waals surface area contributed by atoms with Crippen LogP contribution in [0.5, 0.6) is 0 Å². The Balaban J connectivity index is 1.95. The van der Waals surface area contributed by atoms with Crippen LogP contribution in [0.25, 0.3) is 10.6 Å². The average molecular weight is 391 g/mol. The molecule has 136 valence electrons. The Morgan fingerprint density at radius 3 is 2.44 bits per heavy atom. The number of carbonyl (C=O) groups excluding carboxylic acids is 1. The van der Waals surface area contributed by atoms with Crippen LogP contribution in [0.4, 0.5) is 13.2 Å². The lowest BCUT2D eigenvalue weighted by Gasteiger charge is -2.20. The van der Waals surface area contributed by atoms with Crippen molar-refractivity contribution in [2.45, 2.75) is 26.4 Å². The van der Waals surface area contributed by atoms with Crippen LogP contribution in [-0.4, -0.2) is 23.3 Å². The van der Waals surface area contributed by atoms with Crippen LogP contribution in [0.2, 0.25) is 0 Å². The van der Waals surface area contributed by atoms with Crippen LogP contribution < -0.4 is 5.32 Å². The Bertz CT molecular complexity index is 726. The van der Waals surface area contributed by atoms with Gasteiger partial charge in [-0.15, -0.1) is 22.9 Å². The number of alkyl halides is 4. The molecule has 2 rings (SSSR count). The van der Waals surface area contributed by atoms with Crippen LogP contribution in [0.1, 0.15) is 25.1 Å². The minimum atomic E-state index is -4.35. The second-order valence-corrected chi connectivity index (χ2v) is 7.37. The largest absolute Gasteiger partial charge is 0.416 e. The minimum Gasteiger partial charge on any atom is -0.355 e. The standard InChI is InChI=1S/C17H18ClF3N2OS/c1-16(2,10-18)15(24)22-8-7-13-9-25-14(23-13)11-3-5-12(6-4-11)17(19,20)21/h3-6,9H,7-8,10H2,1-2H3,(H,22,24). The van der Waals surface area contributed by atoms with Gasteiger partial charge in [0.15, 0.2) is 0 Å². The van der Waals surface area contributed by atoms with Gasteiger partial charge in [-0.1, -0.05) is 12.1 Å². The van der Waals surface area contributed by atoms with Gasteiger partial charge in [-0.3, -0.25) is 4.79 Å². The molecule has 0 bridgehead atoms. The molecule has 0 atom stereocenters. The Morgan fingerprint density at radius 2 is 1.88 bits per heavy atom. The summed E-state index contributed by atoms with van der Waals surface area (Å²) in [5.74, 6) is 0.105. The third kappa shape index (κ3) is 5.19. The van der Waals surface area contributed by atoms with Crippen LogP contribution in [-0.2, 0) is 17.4 Å². The van der Waals surface area contributed by atoms with Gasteiger partial charge in [0.05, 0.1) is 16.7 Å². The Labute approximate surface area is 153 Å². The monoisotopic (exact) mass is 390 g/mol. The predicted octanol–water partition coefficient (Wildman–Crippen LogP) is 4.75. The zero-order valence-corrected chi connectivity index (χ0v) is 15.4. The summed E-state index contributed by atoms with van der Waals surface area (Å²) >= 11 is 7.11. The number of hydrogen-bond acceptors (Lipinski definition) is 3. The lowest BCUT2D eigenvalue weighted by atomic mass is 9.95. The first kappa shape index (κ1) is 19.7. The van der Waals surface area contributed by atoms with Gasteiger partial charge in [-0.2, -0.15) is 13.2 Å². The van der Waals surface area contributed by atoms with Gasteiger partial charge in [0, 0.05) is 29.8 Å². The highest BCUT2D eigenvalue weighted by Crippen LogP contribution is 2.31. The quantitative estimate of drug-likeness (QED) is 0.723. The number of nitrogens with one attached hydrogen (secondary N) is 1. The van der Waals surface area contributed by atoms with Gasteiger partial charge in [0.1, 0.15) is 5.01 Å². The molecule has 3 nitrogen and oxygen atoms in total. The summed E-state index contributed by atoms with van der Waals surface area (Å²) in [5, 5.41) is 5.30. The second-order valence-electron chi connectivity index (χ2n) is 6.24. The first-order chi connectivity index (χ1) is 11.6. The molecule has 8 heteroatoms. The third-order valence-electron chi connectivity index (χ3n) is 3.63. The van der Waals surface area contributed by atoms with Crippen LogP contribution in [0.3, 0.4) is 0 Å². The molecular weight excluding hydrogens is 373 g/mol. The Morgan fingerprint density at radius 1 is 1.24 bits per heavy atom. The van der Waals surface area contributed by atoms with Gasteiger partial charge in [-0.05, 0) is 26.0 Å². The molecular formula is C17H18ClF3N2OS. The number of nitrogens with zero attached hydrogens (tertiary/aromatic N) is 1. The average Bonchev–Trinajstić information content (AvgIpc) is 3.03. The minimum absolute atomic E-state index is 0.124. The normalized spacial score (nSPS) is 12.2. The van der Waals surface area contributed by atoms with Gasteiger partial charge >= 0.3 is 6.18 Å². The summed E-state index contributed by atoms with van der Waals surface area (Å²) in [6.07, 6.45) is -3.80. The number of halogens is 4. The molecule has 1 heterocycles. The number of carbonyl (C=O) groups is 1. The molecule has 1 N–H and O–H groups in total. The SMILES string of the molecule is CC(C)(CCl)C(=O)NCCc1csc(-c2ccc(C(F)(F)F)cc2)n1. The molecule has 0 fully saturated rings. The van der Waals surface area contributed by atoms with Crippen molar-refractivity contribution in [3.63, 3.8) is 0 Å². The van der Waals surface area contributed by atoms with Gasteiger partial charge < -0.3 is 5.32 Å². The summed E-state index contributed by atoms with van der Waals surface area (Å²) in [5.41, 5.74) is 0.104. The molecule has 1 amide bonds. The van der Waals surface area contributed by atoms with E-state index in [1.54, 1.807) is 13.8 Å². The molecule has 0 spiro atoms. The molecule has 0 aliphatic carbocycles. The highest BCUT2D eigenvalue weighted by atomic mass is 35.5.